The summed E-state index contributed by atoms with van der Waals surface area (Å²) in [6, 6.07) is -0.489. The second-order valence-corrected chi connectivity index (χ2v) is 11.4. The zero-order valence-electron chi connectivity index (χ0n) is 18.4. The van der Waals surface area contributed by atoms with Gasteiger partial charge in [0.15, 0.2) is 5.69 Å². The fraction of sp³-hybridized carbons (Fsp3) is 0.455. The normalized spacial score (nSPS) is 18.1. The van der Waals surface area contributed by atoms with Gasteiger partial charge in [-0.2, -0.15) is 13.2 Å². The van der Waals surface area contributed by atoms with Gasteiger partial charge in [-0.05, 0) is 44.2 Å². The van der Waals surface area contributed by atoms with E-state index in [9.17, 15) is 30.4 Å². The topological polar surface area (TPSA) is 76.9 Å². The maximum Gasteiger partial charge on any atom is 0.434 e. The molecular formula is C22H19ClF6N4O2S. The van der Waals surface area contributed by atoms with Crippen LogP contribution in [0.1, 0.15) is 55.4 Å². The van der Waals surface area contributed by atoms with Crippen LogP contribution in [-0.2, 0) is 16.2 Å². The number of nitrogens with zero attached hydrogens (tertiary/aromatic N) is 3. The summed E-state index contributed by atoms with van der Waals surface area (Å²) in [4.78, 5) is 7.44. The molecule has 1 unspecified atom stereocenters. The Morgan fingerprint density at radius 3 is 2.39 bits per heavy atom. The molecule has 36 heavy (non-hydrogen) atoms. The molecule has 1 atom stereocenters. The van der Waals surface area contributed by atoms with Crippen LogP contribution in [0.5, 0.6) is 0 Å². The molecule has 1 N–H and O–H groups in total. The van der Waals surface area contributed by atoms with Gasteiger partial charge in [0.2, 0.25) is 10.0 Å². The maximum absolute atomic E-state index is 15.3. The largest absolute Gasteiger partial charge is 0.434 e. The van der Waals surface area contributed by atoms with Crippen LogP contribution in [-0.4, -0.2) is 34.6 Å². The van der Waals surface area contributed by atoms with Crippen LogP contribution < -0.4 is 4.72 Å². The van der Waals surface area contributed by atoms with E-state index in [1.165, 1.54) is 10.8 Å². The van der Waals surface area contributed by atoms with E-state index in [2.05, 4.69) is 9.97 Å². The van der Waals surface area contributed by atoms with E-state index in [4.69, 9.17) is 11.6 Å². The molecule has 0 spiro atoms. The van der Waals surface area contributed by atoms with Gasteiger partial charge < -0.3 is 4.57 Å². The Bertz CT molecular complexity index is 1430. The molecule has 2 saturated carbocycles. The molecule has 14 heteroatoms. The molecule has 2 aliphatic carbocycles. The lowest BCUT2D eigenvalue weighted by Gasteiger charge is -2.27. The van der Waals surface area contributed by atoms with Gasteiger partial charge in [-0.1, -0.05) is 11.6 Å². The minimum absolute atomic E-state index is 0.0320. The molecule has 5 rings (SSSR count). The van der Waals surface area contributed by atoms with E-state index in [1.807, 2.05) is 4.72 Å². The van der Waals surface area contributed by atoms with Gasteiger partial charge in [0.25, 0.3) is 6.43 Å². The van der Waals surface area contributed by atoms with Gasteiger partial charge in [-0.15, -0.1) is 0 Å². The lowest BCUT2D eigenvalue weighted by molar-refractivity contribution is -0.140. The molecular weight excluding hydrogens is 534 g/mol. The molecule has 3 heterocycles. The first-order chi connectivity index (χ1) is 16.9. The molecule has 3 aromatic heterocycles. The number of hydrogen-bond donors (Lipinski definition) is 1. The molecule has 194 valence electrons. The third kappa shape index (κ3) is 4.56. The summed E-state index contributed by atoms with van der Waals surface area (Å²) >= 11 is 5.84. The molecule has 0 bridgehead atoms. The zero-order valence-corrected chi connectivity index (χ0v) is 19.9. The van der Waals surface area contributed by atoms with Crippen LogP contribution in [0.15, 0.2) is 24.5 Å². The molecule has 2 fully saturated rings. The summed E-state index contributed by atoms with van der Waals surface area (Å²) in [7, 11) is -4.04. The predicted octanol–water partition coefficient (Wildman–Crippen LogP) is 6.02. The highest BCUT2D eigenvalue weighted by Gasteiger charge is 2.41. The number of rotatable bonds is 7. The van der Waals surface area contributed by atoms with Gasteiger partial charge in [-0.25, -0.2) is 36.3 Å². The third-order valence-electron chi connectivity index (χ3n) is 6.48. The number of alkyl halides is 5. The van der Waals surface area contributed by atoms with Crippen molar-refractivity contribution < 1.29 is 34.8 Å². The van der Waals surface area contributed by atoms with Crippen LogP contribution >= 0.6 is 11.6 Å². The van der Waals surface area contributed by atoms with Gasteiger partial charge in [0.05, 0.1) is 10.3 Å². The number of halogens is 7. The van der Waals surface area contributed by atoms with Gasteiger partial charge in [0.1, 0.15) is 23.2 Å². The smallest absolute Gasteiger partial charge is 0.329 e. The van der Waals surface area contributed by atoms with Crippen LogP contribution in [0, 0.1) is 5.82 Å². The number of hydrogen-bond acceptors (Lipinski definition) is 4. The van der Waals surface area contributed by atoms with Crippen molar-refractivity contribution in [2.24, 2.45) is 0 Å². The van der Waals surface area contributed by atoms with Crippen molar-refractivity contribution in [3.8, 4) is 11.3 Å². The summed E-state index contributed by atoms with van der Waals surface area (Å²) in [6.45, 7) is 0. The lowest BCUT2D eigenvalue weighted by atomic mass is 9.93. The van der Waals surface area contributed by atoms with Crippen molar-refractivity contribution in [2.45, 2.75) is 62.0 Å². The first kappa shape index (κ1) is 25.3. The summed E-state index contributed by atoms with van der Waals surface area (Å²) in [6.07, 6.45) is -3.21. The Balaban J connectivity index is 1.71. The first-order valence-electron chi connectivity index (χ1n) is 11.1. The third-order valence-corrected chi connectivity index (χ3v) is 8.62. The highest BCUT2D eigenvalue weighted by atomic mass is 35.5. The van der Waals surface area contributed by atoms with Crippen LogP contribution in [0.2, 0.25) is 5.02 Å². The average Bonchev–Trinajstić information content (AvgIpc) is 3.54. The van der Waals surface area contributed by atoms with E-state index in [0.717, 1.165) is 24.8 Å². The van der Waals surface area contributed by atoms with E-state index in [1.54, 1.807) is 0 Å². The Hall–Kier alpha value is -2.38. The molecule has 2 aliphatic rings. The van der Waals surface area contributed by atoms with Gasteiger partial charge in [-0.3, -0.25) is 0 Å². The van der Waals surface area contributed by atoms with Gasteiger partial charge >= 0.3 is 6.18 Å². The number of fused-ring (bicyclic) bond motifs is 1. The average molecular weight is 553 g/mol. The summed E-state index contributed by atoms with van der Waals surface area (Å²) in [5.41, 5.74) is -3.02. The predicted molar refractivity (Wildman–Crippen MR) is 120 cm³/mol. The Kier molecular flexibility index (Phi) is 6.23. The van der Waals surface area contributed by atoms with Crippen molar-refractivity contribution in [1.82, 2.24) is 19.3 Å². The second-order valence-electron chi connectivity index (χ2n) is 8.99. The van der Waals surface area contributed by atoms with Crippen molar-refractivity contribution in [3.05, 3.63) is 46.6 Å². The molecule has 6 nitrogen and oxygen atoms in total. The molecule has 0 radical (unpaired) electrons. The van der Waals surface area contributed by atoms with Crippen molar-refractivity contribution in [2.75, 3.05) is 0 Å². The summed E-state index contributed by atoms with van der Waals surface area (Å²) < 4.78 is 113. The van der Waals surface area contributed by atoms with Crippen molar-refractivity contribution in [3.63, 3.8) is 0 Å². The fourth-order valence-corrected chi connectivity index (χ4v) is 5.99. The molecule has 0 saturated heterocycles. The molecule has 0 aliphatic heterocycles. The van der Waals surface area contributed by atoms with Gasteiger partial charge in [0, 0.05) is 34.9 Å². The van der Waals surface area contributed by atoms with E-state index in [0.29, 0.717) is 25.7 Å². The minimum Gasteiger partial charge on any atom is -0.329 e. The molecule has 0 amide bonds. The molecule has 0 aromatic carbocycles. The number of nitrogens with one attached hydrogen (secondary N) is 1. The standard InChI is InChI=1S/C22H19ClF6N4O2S/c23-10-6-14(19(30-8-10)22(27,28)29)17-16(24)7-13-15(9-33(21(13)31-17)11-2-1-3-11)18(20(25)26)32-36(34,35)12-4-5-12/h6-9,11-12,18,20,32H,1-5H2. The SMILES string of the molecule is O=S(=O)(NC(c1cn(C2CCC2)c2nc(-c3cc(Cl)cnc3C(F)(F)F)c(F)cc12)C(F)F)C1CC1. The maximum atomic E-state index is 15.3. The Morgan fingerprint density at radius 2 is 1.83 bits per heavy atom. The number of aromatic nitrogens is 3. The highest BCUT2D eigenvalue weighted by molar-refractivity contribution is 7.90. The number of sulfonamides is 1. The van der Waals surface area contributed by atoms with Crippen LogP contribution in [0.3, 0.4) is 0 Å². The Labute approximate surface area is 206 Å². The minimum atomic E-state index is -4.94. The number of pyridine rings is 2. The Morgan fingerprint density at radius 1 is 1.14 bits per heavy atom. The van der Waals surface area contributed by atoms with E-state index < -0.39 is 56.7 Å². The van der Waals surface area contributed by atoms with E-state index in [-0.39, 0.29) is 27.7 Å². The van der Waals surface area contributed by atoms with E-state index >= 15 is 4.39 Å². The van der Waals surface area contributed by atoms with Crippen LogP contribution in [0.4, 0.5) is 26.3 Å². The van der Waals surface area contributed by atoms with Crippen LogP contribution in [0.25, 0.3) is 22.3 Å². The second kappa shape index (κ2) is 8.88. The molecule has 3 aromatic rings. The first-order valence-corrected chi connectivity index (χ1v) is 13.0. The summed E-state index contributed by atoms with van der Waals surface area (Å²) in [5, 5.41) is -1.06. The fourth-order valence-electron chi connectivity index (χ4n) is 4.30. The van der Waals surface area contributed by atoms with Crippen molar-refractivity contribution >= 4 is 32.7 Å². The lowest BCUT2D eigenvalue weighted by Crippen LogP contribution is -2.35. The monoisotopic (exact) mass is 552 g/mol. The quantitative estimate of drug-likeness (QED) is 0.364. The zero-order chi connectivity index (χ0) is 26.0. The summed E-state index contributed by atoms with van der Waals surface area (Å²) in [5.74, 6) is -1.22. The van der Waals surface area contributed by atoms with Crippen molar-refractivity contribution in [1.29, 1.82) is 0 Å². The highest BCUT2D eigenvalue weighted by Crippen LogP contribution is 2.42.